The fraction of sp³-hybridized carbons (Fsp3) is 0.200. The lowest BCUT2D eigenvalue weighted by Crippen LogP contribution is -2.25. The van der Waals surface area contributed by atoms with Gasteiger partial charge in [-0.2, -0.15) is 0 Å². The molecule has 0 radical (unpaired) electrons. The third kappa shape index (κ3) is 2.72. The standard InChI is InChI=1S/C15H15N3O3S/c16-13-5-8-22(20,21)14-9-10(1-2-12(13)14)15(19)18-11-3-6-17-7-4-11/h1-4,6-7,9,13H,5,8,16H2,(H,17,18,19)/t13-/m1/s1. The van der Waals surface area contributed by atoms with Crippen molar-refractivity contribution in [1.29, 1.82) is 0 Å². The number of hydrogen-bond donors (Lipinski definition) is 2. The number of hydrogen-bond acceptors (Lipinski definition) is 5. The van der Waals surface area contributed by atoms with E-state index in [0.29, 0.717) is 17.7 Å². The number of nitrogens with two attached hydrogens (primary N) is 1. The molecule has 2 aromatic rings. The lowest BCUT2D eigenvalue weighted by atomic mass is 10.0. The smallest absolute Gasteiger partial charge is 0.255 e. The summed E-state index contributed by atoms with van der Waals surface area (Å²) in [6.07, 6.45) is 3.52. The van der Waals surface area contributed by atoms with Gasteiger partial charge in [-0.05, 0) is 36.2 Å². The average Bonchev–Trinajstić information content (AvgIpc) is 2.52. The van der Waals surface area contributed by atoms with Crippen molar-refractivity contribution in [2.75, 3.05) is 11.1 Å². The molecule has 7 heteroatoms. The van der Waals surface area contributed by atoms with Crippen LogP contribution in [0.4, 0.5) is 5.69 Å². The molecule has 22 heavy (non-hydrogen) atoms. The Morgan fingerprint density at radius 2 is 1.95 bits per heavy atom. The maximum Gasteiger partial charge on any atom is 0.255 e. The van der Waals surface area contributed by atoms with Crippen LogP contribution in [0, 0.1) is 0 Å². The summed E-state index contributed by atoms with van der Waals surface area (Å²) >= 11 is 0. The van der Waals surface area contributed by atoms with E-state index in [1.165, 1.54) is 6.07 Å². The number of amides is 1. The molecule has 0 saturated carbocycles. The van der Waals surface area contributed by atoms with Crippen LogP contribution >= 0.6 is 0 Å². The summed E-state index contributed by atoms with van der Waals surface area (Å²) in [5, 5.41) is 2.70. The Morgan fingerprint density at radius 3 is 2.68 bits per heavy atom. The first-order chi connectivity index (χ1) is 10.5. The van der Waals surface area contributed by atoms with Gasteiger partial charge in [0.05, 0.1) is 10.6 Å². The second-order valence-corrected chi connectivity index (χ2v) is 7.23. The molecule has 1 aromatic heterocycles. The van der Waals surface area contributed by atoms with Crippen LogP contribution in [-0.4, -0.2) is 25.1 Å². The minimum atomic E-state index is -3.37. The van der Waals surface area contributed by atoms with E-state index in [-0.39, 0.29) is 28.2 Å². The number of carbonyl (C=O) groups excluding carboxylic acids is 1. The molecule has 1 amide bonds. The first-order valence-electron chi connectivity index (χ1n) is 6.81. The van der Waals surface area contributed by atoms with Crippen LogP contribution in [0.15, 0.2) is 47.6 Å². The topological polar surface area (TPSA) is 102 Å². The summed E-state index contributed by atoms with van der Waals surface area (Å²) < 4.78 is 24.3. The number of nitrogens with zero attached hydrogens (tertiary/aromatic N) is 1. The number of anilines is 1. The van der Waals surface area contributed by atoms with Gasteiger partial charge in [0.1, 0.15) is 0 Å². The monoisotopic (exact) mass is 317 g/mol. The Hall–Kier alpha value is -2.25. The molecule has 0 spiro atoms. The van der Waals surface area contributed by atoms with Gasteiger partial charge in [-0.15, -0.1) is 0 Å². The third-order valence-electron chi connectivity index (χ3n) is 3.65. The van der Waals surface area contributed by atoms with Gasteiger partial charge >= 0.3 is 0 Å². The molecule has 2 heterocycles. The molecule has 0 aliphatic carbocycles. The quantitative estimate of drug-likeness (QED) is 0.874. The number of sulfone groups is 1. The number of aromatic nitrogens is 1. The lowest BCUT2D eigenvalue weighted by Gasteiger charge is -2.22. The zero-order valence-corrected chi connectivity index (χ0v) is 12.5. The predicted octanol–water partition coefficient (Wildman–Crippen LogP) is 1.51. The van der Waals surface area contributed by atoms with E-state index in [1.807, 2.05) is 0 Å². The molecule has 3 rings (SSSR count). The van der Waals surface area contributed by atoms with E-state index in [9.17, 15) is 13.2 Å². The molecule has 114 valence electrons. The molecule has 1 atom stereocenters. The number of benzene rings is 1. The van der Waals surface area contributed by atoms with Crippen molar-refractivity contribution >= 4 is 21.4 Å². The van der Waals surface area contributed by atoms with Crippen LogP contribution in [0.1, 0.15) is 28.4 Å². The molecule has 0 saturated heterocycles. The largest absolute Gasteiger partial charge is 0.324 e. The molecule has 1 aliphatic rings. The van der Waals surface area contributed by atoms with Crippen molar-refractivity contribution in [3.8, 4) is 0 Å². The third-order valence-corrected chi connectivity index (χ3v) is 5.44. The van der Waals surface area contributed by atoms with Gasteiger partial charge in [-0.1, -0.05) is 6.07 Å². The van der Waals surface area contributed by atoms with Crippen molar-refractivity contribution in [3.05, 3.63) is 53.9 Å². The maximum absolute atomic E-state index is 12.2. The van der Waals surface area contributed by atoms with Crippen LogP contribution < -0.4 is 11.1 Å². The Morgan fingerprint density at radius 1 is 1.23 bits per heavy atom. The van der Waals surface area contributed by atoms with E-state index < -0.39 is 9.84 Å². The number of pyridine rings is 1. The van der Waals surface area contributed by atoms with E-state index in [2.05, 4.69) is 10.3 Å². The Bertz CT molecular complexity index is 819. The van der Waals surface area contributed by atoms with Crippen LogP contribution in [-0.2, 0) is 9.84 Å². The summed E-state index contributed by atoms with van der Waals surface area (Å²) in [4.78, 5) is 16.3. The highest BCUT2D eigenvalue weighted by molar-refractivity contribution is 7.91. The lowest BCUT2D eigenvalue weighted by molar-refractivity contribution is 0.102. The first kappa shape index (κ1) is 14.7. The summed E-state index contributed by atoms with van der Waals surface area (Å²) in [6.45, 7) is 0. The van der Waals surface area contributed by atoms with Crippen LogP contribution in [0.3, 0.4) is 0 Å². The molecule has 6 nitrogen and oxygen atoms in total. The summed E-state index contributed by atoms with van der Waals surface area (Å²) in [6, 6.07) is 7.62. The minimum Gasteiger partial charge on any atom is -0.324 e. The number of carbonyl (C=O) groups is 1. The average molecular weight is 317 g/mol. The van der Waals surface area contributed by atoms with E-state index in [0.717, 1.165) is 0 Å². The van der Waals surface area contributed by atoms with Crippen molar-refractivity contribution in [1.82, 2.24) is 4.98 Å². The van der Waals surface area contributed by atoms with E-state index in [1.54, 1.807) is 36.7 Å². The minimum absolute atomic E-state index is 0.0105. The van der Waals surface area contributed by atoms with Crippen molar-refractivity contribution in [2.45, 2.75) is 17.4 Å². The zero-order valence-electron chi connectivity index (χ0n) is 11.7. The molecule has 0 unspecified atom stereocenters. The molecular formula is C15H15N3O3S. The highest BCUT2D eigenvalue weighted by atomic mass is 32.2. The van der Waals surface area contributed by atoms with Gasteiger partial charge in [-0.3, -0.25) is 9.78 Å². The summed E-state index contributed by atoms with van der Waals surface area (Å²) in [7, 11) is -3.37. The van der Waals surface area contributed by atoms with Crippen molar-refractivity contribution < 1.29 is 13.2 Å². The van der Waals surface area contributed by atoms with Crippen molar-refractivity contribution in [2.24, 2.45) is 5.73 Å². The van der Waals surface area contributed by atoms with Crippen molar-refractivity contribution in [3.63, 3.8) is 0 Å². The molecule has 1 aromatic carbocycles. The van der Waals surface area contributed by atoms with Gasteiger partial charge in [0.25, 0.3) is 5.91 Å². The van der Waals surface area contributed by atoms with Gasteiger partial charge in [0, 0.05) is 29.7 Å². The van der Waals surface area contributed by atoms with E-state index >= 15 is 0 Å². The molecular weight excluding hydrogens is 302 g/mol. The van der Waals surface area contributed by atoms with Crippen LogP contribution in [0.2, 0.25) is 0 Å². The highest BCUT2D eigenvalue weighted by Gasteiger charge is 2.29. The van der Waals surface area contributed by atoms with E-state index in [4.69, 9.17) is 5.73 Å². The maximum atomic E-state index is 12.2. The van der Waals surface area contributed by atoms with Gasteiger partial charge in [-0.25, -0.2) is 8.42 Å². The molecule has 3 N–H and O–H groups in total. The number of rotatable bonds is 2. The number of nitrogens with one attached hydrogen (secondary N) is 1. The van der Waals surface area contributed by atoms with Gasteiger partial charge < -0.3 is 11.1 Å². The summed E-state index contributed by atoms with van der Waals surface area (Å²) in [5.74, 6) is -0.361. The SMILES string of the molecule is N[C@@H]1CCS(=O)(=O)c2cc(C(=O)Nc3ccncc3)ccc21. The van der Waals surface area contributed by atoms with Gasteiger partial charge in [0.15, 0.2) is 9.84 Å². The van der Waals surface area contributed by atoms with Crippen LogP contribution in [0.5, 0.6) is 0 Å². The normalized spacial score (nSPS) is 19.2. The van der Waals surface area contributed by atoms with Gasteiger partial charge in [0.2, 0.25) is 0 Å². The zero-order chi connectivity index (χ0) is 15.7. The fourth-order valence-corrected chi connectivity index (χ4v) is 4.11. The van der Waals surface area contributed by atoms with Crippen LogP contribution in [0.25, 0.3) is 0 Å². The first-order valence-corrected chi connectivity index (χ1v) is 8.46. The summed E-state index contributed by atoms with van der Waals surface area (Å²) in [5.41, 5.74) is 7.40. The second kappa shape index (κ2) is 5.51. The molecule has 0 fully saturated rings. The Kier molecular flexibility index (Phi) is 3.67. The fourth-order valence-electron chi connectivity index (χ4n) is 2.44. The highest BCUT2D eigenvalue weighted by Crippen LogP contribution is 2.31. The molecule has 1 aliphatic heterocycles. The number of fused-ring (bicyclic) bond motifs is 1. The Balaban J connectivity index is 1.95. The Labute approximate surface area is 128 Å². The second-order valence-electron chi connectivity index (χ2n) is 5.16. The predicted molar refractivity (Wildman–Crippen MR) is 82.2 cm³/mol. The molecule has 0 bridgehead atoms.